The van der Waals surface area contributed by atoms with E-state index in [1.54, 1.807) is 0 Å². The minimum Gasteiger partial charge on any atom is -0.463 e. The minimum absolute atomic E-state index is 0.212. The van der Waals surface area contributed by atoms with Crippen LogP contribution in [0, 0.1) is 0 Å². The van der Waals surface area contributed by atoms with Crippen LogP contribution in [0.5, 0.6) is 0 Å². The van der Waals surface area contributed by atoms with Gasteiger partial charge in [0.2, 0.25) is 5.95 Å². The first kappa shape index (κ1) is 14.4. The maximum absolute atomic E-state index is 11.6. The van der Waals surface area contributed by atoms with Gasteiger partial charge in [-0.15, -0.1) is 0 Å². The molecule has 2 unspecified atom stereocenters. The summed E-state index contributed by atoms with van der Waals surface area (Å²) in [6.07, 6.45) is -3.79. The Labute approximate surface area is 112 Å². The number of carbonyl (C=O) groups excluding carboxylic acids is 1. The van der Waals surface area contributed by atoms with Crippen LogP contribution in [0.2, 0.25) is 0 Å². The molecule has 0 saturated carbocycles. The van der Waals surface area contributed by atoms with Crippen LogP contribution < -0.4 is 11.4 Å². The van der Waals surface area contributed by atoms with Crippen molar-refractivity contribution in [2.75, 3.05) is 12.3 Å². The van der Waals surface area contributed by atoms with Crippen molar-refractivity contribution < 1.29 is 24.5 Å². The van der Waals surface area contributed by atoms with Crippen LogP contribution in [0.1, 0.15) is 13.2 Å². The van der Waals surface area contributed by atoms with E-state index in [0.717, 1.165) is 10.9 Å². The van der Waals surface area contributed by atoms with Crippen LogP contribution in [-0.4, -0.2) is 55.6 Å². The molecule has 110 valence electrons. The van der Waals surface area contributed by atoms with Crippen molar-refractivity contribution in [1.82, 2.24) is 14.5 Å². The van der Waals surface area contributed by atoms with Crippen LogP contribution in [0.15, 0.2) is 11.1 Å². The van der Waals surface area contributed by atoms with E-state index in [1.807, 2.05) is 0 Å². The Kier molecular flexibility index (Phi) is 3.97. The average molecular weight is 286 g/mol. The summed E-state index contributed by atoms with van der Waals surface area (Å²) in [7, 11) is 0. The van der Waals surface area contributed by atoms with Crippen molar-refractivity contribution in [3.8, 4) is 0 Å². The van der Waals surface area contributed by atoms with Gasteiger partial charge in [0.15, 0.2) is 6.23 Å². The van der Waals surface area contributed by atoms with Crippen molar-refractivity contribution in [3.63, 3.8) is 0 Å². The summed E-state index contributed by atoms with van der Waals surface area (Å²) in [4.78, 5) is 29.4. The second-order valence-electron chi connectivity index (χ2n) is 4.25. The van der Waals surface area contributed by atoms with Gasteiger partial charge < -0.3 is 25.4 Å². The van der Waals surface area contributed by atoms with E-state index in [2.05, 4.69) is 9.97 Å². The van der Waals surface area contributed by atoms with Gasteiger partial charge in [-0.2, -0.15) is 4.98 Å². The smallest absolute Gasteiger partial charge is 0.354 e. The normalized spacial score (nSPS) is 29.4. The van der Waals surface area contributed by atoms with E-state index < -0.39 is 36.2 Å². The number of hydrogen-bond donors (Lipinski definition) is 3. The molecule has 1 aromatic rings. The molecule has 2 rings (SSSR count). The minimum atomic E-state index is -1.39. The fraction of sp³-hybridized carbons (Fsp3) is 0.600. The standard InChI is InChI=1S/C10H14N4O6/c1-4(15)19-2-5-6(16)7(17)8(20-5)14-3-12-9(11)13-10(14)18/h3,5-8,16-17H,2H2,1H3,(H2,11,13,18)/t5-,6?,7?,8-/m1/s1. The summed E-state index contributed by atoms with van der Waals surface area (Å²) >= 11 is 0. The lowest BCUT2D eigenvalue weighted by atomic mass is 10.1. The Bertz CT molecular complexity index is 561. The second-order valence-corrected chi connectivity index (χ2v) is 4.25. The first-order chi connectivity index (χ1) is 9.40. The van der Waals surface area contributed by atoms with Crippen LogP contribution >= 0.6 is 0 Å². The Morgan fingerprint density at radius 3 is 2.85 bits per heavy atom. The highest BCUT2D eigenvalue weighted by Crippen LogP contribution is 2.28. The van der Waals surface area contributed by atoms with Gasteiger partial charge in [-0.3, -0.25) is 9.36 Å². The Balaban J connectivity index is 2.17. The summed E-state index contributed by atoms with van der Waals surface area (Å²) in [6.45, 7) is 0.961. The molecule has 0 amide bonds. The number of esters is 1. The molecule has 0 aliphatic carbocycles. The van der Waals surface area contributed by atoms with E-state index in [0.29, 0.717) is 0 Å². The van der Waals surface area contributed by atoms with Crippen LogP contribution in [0.4, 0.5) is 5.95 Å². The van der Waals surface area contributed by atoms with Crippen LogP contribution in [-0.2, 0) is 14.3 Å². The first-order valence-corrected chi connectivity index (χ1v) is 5.75. The third kappa shape index (κ3) is 2.76. The lowest BCUT2D eigenvalue weighted by Gasteiger charge is -2.16. The predicted octanol–water partition coefficient (Wildman–Crippen LogP) is -2.60. The van der Waals surface area contributed by atoms with Gasteiger partial charge in [-0.05, 0) is 0 Å². The number of aliphatic hydroxyl groups is 2. The van der Waals surface area contributed by atoms with Crippen molar-refractivity contribution >= 4 is 11.9 Å². The molecule has 1 aliphatic rings. The Hall–Kier alpha value is -2.04. The molecule has 1 fully saturated rings. The average Bonchev–Trinajstić information content (AvgIpc) is 2.64. The zero-order chi connectivity index (χ0) is 14.9. The number of carbonyl (C=O) groups is 1. The summed E-state index contributed by atoms with van der Waals surface area (Å²) in [5.74, 6) is -0.762. The zero-order valence-electron chi connectivity index (χ0n) is 10.5. The van der Waals surface area contributed by atoms with Crippen molar-refractivity contribution in [2.45, 2.75) is 31.5 Å². The number of ether oxygens (including phenoxy) is 2. The molecule has 0 spiro atoms. The third-order valence-corrected chi connectivity index (χ3v) is 2.81. The zero-order valence-corrected chi connectivity index (χ0v) is 10.5. The predicted molar refractivity (Wildman–Crippen MR) is 63.3 cm³/mol. The Morgan fingerprint density at radius 1 is 1.55 bits per heavy atom. The number of nitrogens with two attached hydrogens (primary N) is 1. The highest BCUT2D eigenvalue weighted by atomic mass is 16.6. The lowest BCUT2D eigenvalue weighted by molar-refractivity contribution is -0.147. The van der Waals surface area contributed by atoms with Crippen molar-refractivity contribution in [3.05, 3.63) is 16.8 Å². The number of aliphatic hydroxyl groups excluding tert-OH is 2. The number of nitrogen functional groups attached to an aromatic ring is 1. The molecule has 2 heterocycles. The van der Waals surface area contributed by atoms with E-state index >= 15 is 0 Å². The van der Waals surface area contributed by atoms with Gasteiger partial charge in [0, 0.05) is 6.92 Å². The van der Waals surface area contributed by atoms with Crippen molar-refractivity contribution in [1.29, 1.82) is 0 Å². The number of anilines is 1. The van der Waals surface area contributed by atoms with E-state index in [1.165, 1.54) is 6.92 Å². The van der Waals surface area contributed by atoms with Crippen LogP contribution in [0.25, 0.3) is 0 Å². The number of hydrogen-bond acceptors (Lipinski definition) is 9. The monoisotopic (exact) mass is 286 g/mol. The maximum Gasteiger partial charge on any atom is 0.354 e. The summed E-state index contributed by atoms with van der Waals surface area (Å²) < 4.78 is 10.9. The third-order valence-electron chi connectivity index (χ3n) is 2.81. The Morgan fingerprint density at radius 2 is 2.25 bits per heavy atom. The SMILES string of the molecule is CC(=O)OC[C@H]1O[C@@H](n2cnc(N)nc2=O)C(O)C1O. The molecule has 0 bridgehead atoms. The molecule has 10 nitrogen and oxygen atoms in total. The van der Waals surface area contributed by atoms with Crippen LogP contribution in [0.3, 0.4) is 0 Å². The van der Waals surface area contributed by atoms with Gasteiger partial charge in [0.05, 0.1) is 0 Å². The number of nitrogens with zero attached hydrogens (tertiary/aromatic N) is 3. The highest BCUT2D eigenvalue weighted by Gasteiger charge is 2.44. The molecule has 4 N–H and O–H groups in total. The molecule has 4 atom stereocenters. The van der Waals surface area contributed by atoms with E-state index in [9.17, 15) is 19.8 Å². The topological polar surface area (TPSA) is 150 Å². The quantitative estimate of drug-likeness (QED) is 0.508. The molecule has 10 heteroatoms. The van der Waals surface area contributed by atoms with Gasteiger partial charge in [0.1, 0.15) is 31.2 Å². The fourth-order valence-corrected chi connectivity index (χ4v) is 1.83. The van der Waals surface area contributed by atoms with E-state index in [4.69, 9.17) is 15.2 Å². The van der Waals surface area contributed by atoms with Gasteiger partial charge in [0.25, 0.3) is 0 Å². The molecular weight excluding hydrogens is 272 g/mol. The highest BCUT2D eigenvalue weighted by molar-refractivity contribution is 5.65. The molecule has 0 aromatic carbocycles. The lowest BCUT2D eigenvalue weighted by Crippen LogP contribution is -2.36. The molecular formula is C10H14N4O6. The summed E-state index contributed by atoms with van der Waals surface area (Å²) in [5.41, 5.74) is 4.47. The second kappa shape index (κ2) is 5.53. The molecule has 1 saturated heterocycles. The molecule has 20 heavy (non-hydrogen) atoms. The van der Waals surface area contributed by atoms with Gasteiger partial charge in [-0.1, -0.05) is 0 Å². The van der Waals surface area contributed by atoms with Gasteiger partial charge in [-0.25, -0.2) is 9.78 Å². The summed E-state index contributed by atoms with van der Waals surface area (Å²) in [5, 5.41) is 19.7. The molecule has 1 aliphatic heterocycles. The number of aromatic nitrogens is 3. The number of rotatable bonds is 3. The maximum atomic E-state index is 11.6. The molecule has 0 radical (unpaired) electrons. The van der Waals surface area contributed by atoms with E-state index in [-0.39, 0.29) is 12.6 Å². The van der Waals surface area contributed by atoms with Crippen molar-refractivity contribution in [2.24, 2.45) is 0 Å². The molecule has 1 aromatic heterocycles. The first-order valence-electron chi connectivity index (χ1n) is 5.75. The largest absolute Gasteiger partial charge is 0.463 e. The fourth-order valence-electron chi connectivity index (χ4n) is 1.83. The summed E-state index contributed by atoms with van der Waals surface area (Å²) in [6, 6.07) is 0. The van der Waals surface area contributed by atoms with Gasteiger partial charge >= 0.3 is 11.7 Å².